The lowest BCUT2D eigenvalue weighted by Gasteiger charge is -2.27. The number of fused-ring (bicyclic) bond motifs is 1. The first-order valence-electron chi connectivity index (χ1n) is 6.61. The number of anilines is 1. The van der Waals surface area contributed by atoms with Crippen molar-refractivity contribution < 1.29 is 0 Å². The summed E-state index contributed by atoms with van der Waals surface area (Å²) in [5.41, 5.74) is 3.97. The Bertz CT molecular complexity index is 642. The third kappa shape index (κ3) is 3.05. The molecule has 104 valence electrons. The Morgan fingerprint density at radius 1 is 1.10 bits per heavy atom. The SMILES string of the molecule is Clc1cccc(NC2CCc3cc(Br)ccc3C2)c1Br. The molecule has 1 nitrogen and oxygen atoms in total. The molecule has 0 radical (unpaired) electrons. The van der Waals surface area contributed by atoms with Gasteiger partial charge < -0.3 is 5.32 Å². The number of benzene rings is 2. The zero-order valence-corrected chi connectivity index (χ0v) is 14.7. The molecule has 0 spiro atoms. The van der Waals surface area contributed by atoms with Gasteiger partial charge in [0.05, 0.1) is 15.2 Å². The first-order valence-corrected chi connectivity index (χ1v) is 8.58. The molecule has 3 rings (SSSR count). The van der Waals surface area contributed by atoms with E-state index in [1.807, 2.05) is 12.1 Å². The highest BCUT2D eigenvalue weighted by Gasteiger charge is 2.19. The zero-order valence-electron chi connectivity index (χ0n) is 10.8. The summed E-state index contributed by atoms with van der Waals surface area (Å²) in [6.45, 7) is 0. The van der Waals surface area contributed by atoms with E-state index in [-0.39, 0.29) is 0 Å². The number of hydrogen-bond acceptors (Lipinski definition) is 1. The van der Waals surface area contributed by atoms with Gasteiger partial charge in [0.1, 0.15) is 0 Å². The molecule has 0 aromatic heterocycles. The lowest BCUT2D eigenvalue weighted by molar-refractivity contribution is 0.610. The summed E-state index contributed by atoms with van der Waals surface area (Å²) >= 11 is 13.2. The molecule has 20 heavy (non-hydrogen) atoms. The van der Waals surface area contributed by atoms with Crippen molar-refractivity contribution in [2.24, 2.45) is 0 Å². The van der Waals surface area contributed by atoms with Gasteiger partial charge in [-0.15, -0.1) is 0 Å². The molecule has 0 fully saturated rings. The molecule has 0 amide bonds. The molecule has 2 aromatic carbocycles. The van der Waals surface area contributed by atoms with Gasteiger partial charge in [0.25, 0.3) is 0 Å². The van der Waals surface area contributed by atoms with Crippen LogP contribution < -0.4 is 5.32 Å². The maximum absolute atomic E-state index is 6.14. The highest BCUT2D eigenvalue weighted by Crippen LogP contribution is 2.32. The highest BCUT2D eigenvalue weighted by atomic mass is 79.9. The average molecular weight is 416 g/mol. The lowest BCUT2D eigenvalue weighted by Crippen LogP contribution is -2.27. The minimum atomic E-state index is 0.457. The number of aryl methyl sites for hydroxylation is 1. The lowest BCUT2D eigenvalue weighted by atomic mass is 9.88. The van der Waals surface area contributed by atoms with Crippen LogP contribution in [0, 0.1) is 0 Å². The summed E-state index contributed by atoms with van der Waals surface area (Å²) in [6, 6.07) is 13.0. The largest absolute Gasteiger partial charge is 0.381 e. The van der Waals surface area contributed by atoms with E-state index in [2.05, 4.69) is 61.4 Å². The molecule has 0 saturated heterocycles. The van der Waals surface area contributed by atoms with Gasteiger partial charge in [0.15, 0.2) is 0 Å². The Hall–Kier alpha value is -0.510. The van der Waals surface area contributed by atoms with Crippen molar-refractivity contribution in [3.8, 4) is 0 Å². The van der Waals surface area contributed by atoms with Crippen molar-refractivity contribution in [3.05, 3.63) is 61.5 Å². The molecule has 1 aliphatic rings. The standard InChI is InChI=1S/C16H14Br2ClN/c17-12-6-4-11-9-13(7-5-10(11)8-12)20-15-3-1-2-14(19)16(15)18/h1-4,6,8,13,20H,5,7,9H2. The van der Waals surface area contributed by atoms with Gasteiger partial charge in [-0.2, -0.15) is 0 Å². The summed E-state index contributed by atoms with van der Waals surface area (Å²) in [7, 11) is 0. The van der Waals surface area contributed by atoms with E-state index < -0.39 is 0 Å². The molecule has 1 N–H and O–H groups in total. The smallest absolute Gasteiger partial charge is 0.0593 e. The van der Waals surface area contributed by atoms with Crippen molar-refractivity contribution >= 4 is 49.1 Å². The normalized spacial score (nSPS) is 17.6. The maximum Gasteiger partial charge on any atom is 0.0593 e. The molecule has 1 atom stereocenters. The molecule has 0 heterocycles. The molecule has 1 aliphatic carbocycles. The molecule has 1 unspecified atom stereocenters. The summed E-state index contributed by atoms with van der Waals surface area (Å²) in [6.07, 6.45) is 3.31. The fourth-order valence-corrected chi connectivity index (χ4v) is 3.64. The van der Waals surface area contributed by atoms with Crippen molar-refractivity contribution in [2.45, 2.75) is 25.3 Å². The van der Waals surface area contributed by atoms with E-state index in [9.17, 15) is 0 Å². The van der Waals surface area contributed by atoms with Crippen LogP contribution >= 0.6 is 43.5 Å². The van der Waals surface area contributed by atoms with Gasteiger partial charge >= 0.3 is 0 Å². The number of halogens is 3. The Morgan fingerprint density at radius 3 is 2.80 bits per heavy atom. The first-order chi connectivity index (χ1) is 9.63. The van der Waals surface area contributed by atoms with Crippen LogP contribution in [0.25, 0.3) is 0 Å². The Morgan fingerprint density at radius 2 is 1.95 bits per heavy atom. The fraction of sp³-hybridized carbons (Fsp3) is 0.250. The highest BCUT2D eigenvalue weighted by molar-refractivity contribution is 9.11. The minimum Gasteiger partial charge on any atom is -0.381 e. The van der Waals surface area contributed by atoms with Gasteiger partial charge in [-0.3, -0.25) is 0 Å². The van der Waals surface area contributed by atoms with E-state index in [0.29, 0.717) is 6.04 Å². The zero-order chi connectivity index (χ0) is 14.1. The predicted octanol–water partition coefficient (Wildman–Crippen LogP) is 5.83. The fourth-order valence-electron chi connectivity index (χ4n) is 2.68. The number of rotatable bonds is 2. The third-order valence-electron chi connectivity index (χ3n) is 3.71. The number of hydrogen-bond donors (Lipinski definition) is 1. The topological polar surface area (TPSA) is 12.0 Å². The molecule has 2 aromatic rings. The van der Waals surface area contributed by atoms with Gasteiger partial charge in [0.2, 0.25) is 0 Å². The Labute approximate surface area is 141 Å². The van der Waals surface area contributed by atoms with E-state index in [0.717, 1.165) is 34.4 Å². The summed E-state index contributed by atoms with van der Waals surface area (Å²) in [5.74, 6) is 0. The third-order valence-corrected chi connectivity index (χ3v) is 5.60. The van der Waals surface area contributed by atoms with Crippen LogP contribution in [0.1, 0.15) is 17.5 Å². The van der Waals surface area contributed by atoms with Gasteiger partial charge in [-0.25, -0.2) is 0 Å². The molecule has 0 aliphatic heterocycles. The number of nitrogens with one attached hydrogen (secondary N) is 1. The second kappa shape index (κ2) is 6.08. The predicted molar refractivity (Wildman–Crippen MR) is 92.7 cm³/mol. The molecule has 4 heteroatoms. The van der Waals surface area contributed by atoms with Crippen molar-refractivity contribution in [2.75, 3.05) is 5.32 Å². The van der Waals surface area contributed by atoms with Crippen LogP contribution in [-0.2, 0) is 12.8 Å². The molecular weight excluding hydrogens is 401 g/mol. The van der Waals surface area contributed by atoms with Crippen molar-refractivity contribution in [3.63, 3.8) is 0 Å². The van der Waals surface area contributed by atoms with Gasteiger partial charge in [-0.05, 0) is 70.6 Å². The van der Waals surface area contributed by atoms with Crippen LogP contribution in [0.5, 0.6) is 0 Å². The molecular formula is C16H14Br2ClN. The van der Waals surface area contributed by atoms with E-state index in [1.54, 1.807) is 0 Å². The minimum absolute atomic E-state index is 0.457. The van der Waals surface area contributed by atoms with E-state index >= 15 is 0 Å². The van der Waals surface area contributed by atoms with E-state index in [1.165, 1.54) is 15.6 Å². The summed E-state index contributed by atoms with van der Waals surface area (Å²) in [4.78, 5) is 0. The molecule has 0 bridgehead atoms. The van der Waals surface area contributed by atoms with Crippen LogP contribution in [0.15, 0.2) is 45.3 Å². The molecule has 0 saturated carbocycles. The second-order valence-electron chi connectivity index (χ2n) is 5.10. The summed E-state index contributed by atoms with van der Waals surface area (Å²) < 4.78 is 2.11. The van der Waals surface area contributed by atoms with Crippen molar-refractivity contribution in [1.82, 2.24) is 0 Å². The Kier molecular flexibility index (Phi) is 4.39. The van der Waals surface area contributed by atoms with Gasteiger partial charge in [-0.1, -0.05) is 39.7 Å². The van der Waals surface area contributed by atoms with E-state index in [4.69, 9.17) is 11.6 Å². The first kappa shape index (κ1) is 14.4. The van der Waals surface area contributed by atoms with Crippen LogP contribution in [-0.4, -0.2) is 6.04 Å². The van der Waals surface area contributed by atoms with Crippen LogP contribution in [0.2, 0.25) is 5.02 Å². The monoisotopic (exact) mass is 413 g/mol. The average Bonchev–Trinajstić information content (AvgIpc) is 2.44. The quantitative estimate of drug-likeness (QED) is 0.650. The second-order valence-corrected chi connectivity index (χ2v) is 7.21. The van der Waals surface area contributed by atoms with Crippen LogP contribution in [0.3, 0.4) is 0 Å². The van der Waals surface area contributed by atoms with Crippen molar-refractivity contribution in [1.29, 1.82) is 0 Å². The maximum atomic E-state index is 6.14. The Balaban J connectivity index is 1.77. The summed E-state index contributed by atoms with van der Waals surface area (Å²) in [5, 5.41) is 4.35. The van der Waals surface area contributed by atoms with Crippen LogP contribution in [0.4, 0.5) is 5.69 Å². The van der Waals surface area contributed by atoms with Gasteiger partial charge in [0, 0.05) is 10.5 Å².